The number of carbonyl (C=O) groups excluding carboxylic acids is 1. The van der Waals surface area contributed by atoms with Crippen molar-refractivity contribution in [3.8, 4) is 0 Å². The van der Waals surface area contributed by atoms with Crippen molar-refractivity contribution in [1.82, 2.24) is 10.2 Å². The third kappa shape index (κ3) is 5.75. The first-order valence-corrected chi connectivity index (χ1v) is 10.9. The maximum Gasteiger partial charge on any atom is 0.416 e. The number of carbonyl (C=O) groups is 1. The zero-order valence-corrected chi connectivity index (χ0v) is 18.7. The molecule has 174 valence electrons. The normalized spacial score (nSPS) is 18.3. The maximum absolute atomic E-state index is 12.8. The molecule has 0 bridgehead atoms. The molecule has 0 spiro atoms. The van der Waals surface area contributed by atoms with Crippen molar-refractivity contribution in [1.29, 1.82) is 0 Å². The fourth-order valence-electron chi connectivity index (χ4n) is 4.61. The molecule has 0 saturated carbocycles. The second-order valence-electron chi connectivity index (χ2n) is 8.36. The van der Waals surface area contributed by atoms with E-state index in [4.69, 9.17) is 0 Å². The van der Waals surface area contributed by atoms with Crippen LogP contribution in [-0.2, 0) is 12.6 Å². The molecular formula is C24H29ClF3N3O. The highest BCUT2D eigenvalue weighted by Crippen LogP contribution is 2.32. The summed E-state index contributed by atoms with van der Waals surface area (Å²) in [6, 6.07) is 13.8. The van der Waals surface area contributed by atoms with Crippen molar-refractivity contribution in [2.75, 3.05) is 37.6 Å². The lowest BCUT2D eigenvalue weighted by Crippen LogP contribution is -2.55. The number of unbranched alkanes of at least 4 members (excludes halogenated alkanes) is 1. The molecule has 2 aromatic rings. The van der Waals surface area contributed by atoms with Crippen LogP contribution in [0.1, 0.15) is 40.7 Å². The number of piperazine rings is 1. The van der Waals surface area contributed by atoms with Crippen LogP contribution < -0.4 is 10.2 Å². The van der Waals surface area contributed by atoms with Gasteiger partial charge in [0.2, 0.25) is 0 Å². The average molecular weight is 468 g/mol. The zero-order chi connectivity index (χ0) is 21.8. The first kappa shape index (κ1) is 24.4. The largest absolute Gasteiger partial charge is 0.416 e. The van der Waals surface area contributed by atoms with E-state index in [1.165, 1.54) is 29.8 Å². The molecule has 1 fully saturated rings. The van der Waals surface area contributed by atoms with Gasteiger partial charge in [-0.15, -0.1) is 12.4 Å². The summed E-state index contributed by atoms with van der Waals surface area (Å²) in [6.07, 6.45) is -0.376. The molecule has 4 nitrogen and oxygen atoms in total. The molecule has 8 heteroatoms. The van der Waals surface area contributed by atoms with Crippen LogP contribution in [0, 0.1) is 0 Å². The zero-order valence-electron chi connectivity index (χ0n) is 17.9. The molecule has 2 aliphatic heterocycles. The van der Waals surface area contributed by atoms with E-state index < -0.39 is 17.6 Å². The number of anilines is 1. The van der Waals surface area contributed by atoms with E-state index in [2.05, 4.69) is 39.4 Å². The minimum Gasteiger partial charge on any atom is -0.366 e. The minimum absolute atomic E-state index is 0. The second-order valence-corrected chi connectivity index (χ2v) is 8.36. The number of para-hydroxylation sites is 1. The number of hydrogen-bond acceptors (Lipinski definition) is 3. The lowest BCUT2D eigenvalue weighted by molar-refractivity contribution is -0.137. The molecule has 2 aliphatic rings. The Labute approximate surface area is 193 Å². The van der Waals surface area contributed by atoms with E-state index in [-0.39, 0.29) is 18.0 Å². The second kappa shape index (κ2) is 10.6. The molecule has 1 N–H and O–H groups in total. The van der Waals surface area contributed by atoms with E-state index in [1.54, 1.807) is 0 Å². The first-order valence-electron chi connectivity index (χ1n) is 10.9. The molecule has 1 unspecified atom stereocenters. The average Bonchev–Trinajstić information content (AvgIpc) is 2.78. The Morgan fingerprint density at radius 1 is 1.06 bits per heavy atom. The third-order valence-electron chi connectivity index (χ3n) is 6.25. The molecule has 1 amide bonds. The topological polar surface area (TPSA) is 35.6 Å². The molecular weight excluding hydrogens is 439 g/mol. The summed E-state index contributed by atoms with van der Waals surface area (Å²) in [6.45, 7) is 4.57. The lowest BCUT2D eigenvalue weighted by Gasteiger charge is -2.46. The molecule has 32 heavy (non-hydrogen) atoms. The Balaban J connectivity index is 0.00000289. The molecule has 2 aromatic carbocycles. The summed E-state index contributed by atoms with van der Waals surface area (Å²) in [5.74, 6) is -0.458. The lowest BCUT2D eigenvalue weighted by atomic mass is 9.94. The molecule has 1 saturated heterocycles. The molecule has 0 aromatic heterocycles. The van der Waals surface area contributed by atoms with Gasteiger partial charge in [0.25, 0.3) is 5.91 Å². The molecule has 2 heterocycles. The standard InChI is InChI=1S/C24H28F3N3O.ClH/c25-24(26,27)20-8-5-7-19(16-20)23(31)28-12-3-4-13-29-14-15-30-21(17-29)11-10-18-6-1-2-9-22(18)30;/h1-2,5-9,16,21H,3-4,10-15,17H2,(H,28,31);1H. The maximum atomic E-state index is 12.8. The molecule has 0 aliphatic carbocycles. The van der Waals surface area contributed by atoms with Crippen LogP contribution in [0.15, 0.2) is 48.5 Å². The number of aryl methyl sites for hydroxylation is 1. The van der Waals surface area contributed by atoms with Gasteiger partial charge < -0.3 is 10.2 Å². The first-order chi connectivity index (χ1) is 14.9. The Bertz CT molecular complexity index is 921. The number of halogens is 4. The van der Waals surface area contributed by atoms with Gasteiger partial charge in [0.1, 0.15) is 0 Å². The van der Waals surface area contributed by atoms with Crippen LogP contribution in [0.5, 0.6) is 0 Å². The number of benzene rings is 2. The smallest absolute Gasteiger partial charge is 0.366 e. The predicted molar refractivity (Wildman–Crippen MR) is 123 cm³/mol. The Hall–Kier alpha value is -2.25. The van der Waals surface area contributed by atoms with Crippen LogP contribution in [-0.4, -0.2) is 49.6 Å². The number of fused-ring (bicyclic) bond motifs is 3. The number of alkyl halides is 3. The van der Waals surface area contributed by atoms with Crippen LogP contribution in [0.4, 0.5) is 18.9 Å². The van der Waals surface area contributed by atoms with Crippen molar-refractivity contribution >= 4 is 24.0 Å². The van der Waals surface area contributed by atoms with E-state index in [1.807, 2.05) is 0 Å². The van der Waals surface area contributed by atoms with Crippen LogP contribution >= 0.6 is 12.4 Å². The highest BCUT2D eigenvalue weighted by Gasteiger charge is 2.32. The number of rotatable bonds is 6. The molecule has 0 radical (unpaired) electrons. The summed E-state index contributed by atoms with van der Waals surface area (Å²) >= 11 is 0. The summed E-state index contributed by atoms with van der Waals surface area (Å²) in [7, 11) is 0. The van der Waals surface area contributed by atoms with Crippen molar-refractivity contribution in [3.05, 3.63) is 65.2 Å². The monoisotopic (exact) mass is 467 g/mol. The highest BCUT2D eigenvalue weighted by atomic mass is 35.5. The van der Waals surface area contributed by atoms with Crippen LogP contribution in [0.2, 0.25) is 0 Å². The van der Waals surface area contributed by atoms with Crippen LogP contribution in [0.25, 0.3) is 0 Å². The van der Waals surface area contributed by atoms with Gasteiger partial charge in [0, 0.05) is 43.5 Å². The summed E-state index contributed by atoms with van der Waals surface area (Å²) in [5, 5.41) is 2.74. The van der Waals surface area contributed by atoms with Gasteiger partial charge in [-0.05, 0) is 62.1 Å². The van der Waals surface area contributed by atoms with E-state index in [0.29, 0.717) is 12.6 Å². The third-order valence-corrected chi connectivity index (χ3v) is 6.25. The van der Waals surface area contributed by atoms with Crippen molar-refractivity contribution in [3.63, 3.8) is 0 Å². The molecule has 1 atom stereocenters. The highest BCUT2D eigenvalue weighted by molar-refractivity contribution is 5.94. The van der Waals surface area contributed by atoms with Gasteiger partial charge in [-0.3, -0.25) is 9.69 Å². The van der Waals surface area contributed by atoms with E-state index in [0.717, 1.165) is 57.6 Å². The van der Waals surface area contributed by atoms with E-state index in [9.17, 15) is 18.0 Å². The Morgan fingerprint density at radius 2 is 1.88 bits per heavy atom. The number of hydrogen-bond donors (Lipinski definition) is 1. The van der Waals surface area contributed by atoms with Crippen molar-refractivity contribution in [2.24, 2.45) is 0 Å². The minimum atomic E-state index is -4.44. The number of amides is 1. The van der Waals surface area contributed by atoms with Gasteiger partial charge in [-0.2, -0.15) is 13.2 Å². The fourth-order valence-corrected chi connectivity index (χ4v) is 4.61. The fraction of sp³-hybridized carbons (Fsp3) is 0.458. The van der Waals surface area contributed by atoms with E-state index >= 15 is 0 Å². The summed E-state index contributed by atoms with van der Waals surface area (Å²) in [5.41, 5.74) is 2.08. The Morgan fingerprint density at radius 3 is 2.69 bits per heavy atom. The van der Waals surface area contributed by atoms with Gasteiger partial charge in [0.05, 0.1) is 5.56 Å². The number of nitrogens with zero attached hydrogens (tertiary/aromatic N) is 2. The van der Waals surface area contributed by atoms with Gasteiger partial charge >= 0.3 is 6.18 Å². The molecule has 4 rings (SSSR count). The van der Waals surface area contributed by atoms with Gasteiger partial charge in [-0.1, -0.05) is 24.3 Å². The van der Waals surface area contributed by atoms with Gasteiger partial charge in [0.15, 0.2) is 0 Å². The predicted octanol–water partition coefficient (Wildman–Crippen LogP) is 4.77. The SMILES string of the molecule is Cl.O=C(NCCCCN1CCN2c3ccccc3CCC2C1)c1cccc(C(F)(F)F)c1. The summed E-state index contributed by atoms with van der Waals surface area (Å²) in [4.78, 5) is 17.2. The van der Waals surface area contributed by atoms with Crippen molar-refractivity contribution < 1.29 is 18.0 Å². The summed E-state index contributed by atoms with van der Waals surface area (Å²) < 4.78 is 38.4. The quantitative estimate of drug-likeness (QED) is 0.621. The van der Waals surface area contributed by atoms with Crippen molar-refractivity contribution in [2.45, 2.75) is 37.9 Å². The van der Waals surface area contributed by atoms with Gasteiger partial charge in [-0.25, -0.2) is 0 Å². The number of nitrogens with one attached hydrogen (secondary N) is 1. The Kier molecular flexibility index (Phi) is 8.06. The van der Waals surface area contributed by atoms with Crippen LogP contribution in [0.3, 0.4) is 0 Å².